The SMILES string of the molecule is CC(C)[C@@H](CN1CCC[C@H]1C(=O)N1CCC[C@H]1C(=O)OC1CCc2ccccc21)N(C)C(=O)[C@@H](NC(=O)C1CCCCN1C)C(C)(C)C. The molecule has 266 valence electrons. The molecule has 0 radical (unpaired) electrons. The van der Waals surface area contributed by atoms with Crippen molar-refractivity contribution in [1.29, 1.82) is 0 Å². The minimum Gasteiger partial charge on any atom is -0.456 e. The first-order chi connectivity index (χ1) is 22.8. The van der Waals surface area contributed by atoms with Gasteiger partial charge in [0.25, 0.3) is 0 Å². The highest BCUT2D eigenvalue weighted by atomic mass is 16.5. The van der Waals surface area contributed by atoms with Gasteiger partial charge in [-0.2, -0.15) is 0 Å². The summed E-state index contributed by atoms with van der Waals surface area (Å²) in [6.07, 6.45) is 7.33. The summed E-state index contributed by atoms with van der Waals surface area (Å²) in [5.74, 6) is -0.370. The predicted octanol–water partition coefficient (Wildman–Crippen LogP) is 4.17. The lowest BCUT2D eigenvalue weighted by molar-refractivity contribution is -0.159. The minimum atomic E-state index is -0.675. The molecule has 2 unspecified atom stereocenters. The monoisotopic (exact) mass is 665 g/mol. The Bertz CT molecular complexity index is 1330. The number of hydrogen-bond acceptors (Lipinski definition) is 7. The molecule has 1 N–H and O–H groups in total. The lowest BCUT2D eigenvalue weighted by Crippen LogP contribution is -2.61. The number of aryl methyl sites for hydroxylation is 1. The Morgan fingerprint density at radius 3 is 2.31 bits per heavy atom. The molecule has 10 heteroatoms. The molecule has 5 rings (SSSR count). The zero-order chi connectivity index (χ0) is 34.7. The van der Waals surface area contributed by atoms with Crippen LogP contribution in [0, 0.1) is 11.3 Å². The number of hydrogen-bond donors (Lipinski definition) is 1. The first kappa shape index (κ1) is 36.3. The van der Waals surface area contributed by atoms with E-state index in [0.29, 0.717) is 19.5 Å². The van der Waals surface area contributed by atoms with Crippen LogP contribution < -0.4 is 5.32 Å². The van der Waals surface area contributed by atoms with Crippen LogP contribution in [0.2, 0.25) is 0 Å². The van der Waals surface area contributed by atoms with Gasteiger partial charge in [-0.25, -0.2) is 4.79 Å². The van der Waals surface area contributed by atoms with E-state index in [9.17, 15) is 19.2 Å². The Morgan fingerprint density at radius 2 is 1.60 bits per heavy atom. The number of amides is 3. The second-order valence-corrected chi connectivity index (χ2v) is 16.1. The number of nitrogens with one attached hydrogen (secondary N) is 1. The van der Waals surface area contributed by atoms with Crippen LogP contribution in [0.1, 0.15) is 103 Å². The van der Waals surface area contributed by atoms with E-state index in [2.05, 4.69) is 35.0 Å². The Kier molecular flexibility index (Phi) is 11.6. The summed E-state index contributed by atoms with van der Waals surface area (Å²) in [5.41, 5.74) is 1.83. The fourth-order valence-electron chi connectivity index (χ4n) is 8.33. The number of fused-ring (bicyclic) bond motifs is 1. The van der Waals surface area contributed by atoms with Crippen LogP contribution in [-0.2, 0) is 30.3 Å². The Morgan fingerprint density at radius 1 is 0.917 bits per heavy atom. The van der Waals surface area contributed by atoms with E-state index in [1.54, 1.807) is 9.80 Å². The molecule has 1 aliphatic carbocycles. The molecular weight excluding hydrogens is 606 g/mol. The lowest BCUT2D eigenvalue weighted by atomic mass is 9.84. The fraction of sp³-hybridized carbons (Fsp3) is 0.737. The van der Waals surface area contributed by atoms with E-state index >= 15 is 0 Å². The van der Waals surface area contributed by atoms with Crippen molar-refractivity contribution in [2.24, 2.45) is 11.3 Å². The minimum absolute atomic E-state index is 0.00769. The molecule has 10 nitrogen and oxygen atoms in total. The number of esters is 1. The van der Waals surface area contributed by atoms with Crippen LogP contribution in [0.15, 0.2) is 24.3 Å². The highest BCUT2D eigenvalue weighted by molar-refractivity contribution is 5.91. The molecule has 6 atom stereocenters. The van der Waals surface area contributed by atoms with Crippen LogP contribution in [0.25, 0.3) is 0 Å². The van der Waals surface area contributed by atoms with Gasteiger partial charge in [0.2, 0.25) is 17.7 Å². The van der Waals surface area contributed by atoms with Crippen molar-refractivity contribution in [2.75, 3.05) is 40.3 Å². The van der Waals surface area contributed by atoms with Gasteiger partial charge in [-0.05, 0) is 94.0 Å². The van der Waals surface area contributed by atoms with Crippen LogP contribution in [-0.4, -0.2) is 114 Å². The summed E-state index contributed by atoms with van der Waals surface area (Å²) in [6, 6.07) is 6.17. The topological polar surface area (TPSA) is 103 Å². The van der Waals surface area contributed by atoms with Gasteiger partial charge < -0.3 is 19.9 Å². The first-order valence-electron chi connectivity index (χ1n) is 18.4. The molecule has 4 aliphatic rings. The first-order valence-corrected chi connectivity index (χ1v) is 18.4. The molecule has 3 amide bonds. The Hall–Kier alpha value is -2.98. The molecule has 0 aromatic heterocycles. The van der Waals surface area contributed by atoms with Gasteiger partial charge in [-0.15, -0.1) is 0 Å². The Labute approximate surface area is 287 Å². The van der Waals surface area contributed by atoms with Crippen molar-refractivity contribution < 1.29 is 23.9 Å². The third kappa shape index (κ3) is 7.91. The number of nitrogens with zero attached hydrogens (tertiary/aromatic N) is 4. The predicted molar refractivity (Wildman–Crippen MR) is 186 cm³/mol. The van der Waals surface area contributed by atoms with E-state index in [0.717, 1.165) is 70.0 Å². The van der Waals surface area contributed by atoms with Crippen molar-refractivity contribution in [3.8, 4) is 0 Å². The highest BCUT2D eigenvalue weighted by Crippen LogP contribution is 2.35. The quantitative estimate of drug-likeness (QED) is 0.375. The summed E-state index contributed by atoms with van der Waals surface area (Å²) in [5, 5.41) is 3.15. The average Bonchev–Trinajstić information content (AvgIpc) is 3.81. The third-order valence-corrected chi connectivity index (χ3v) is 11.3. The summed E-state index contributed by atoms with van der Waals surface area (Å²) in [4.78, 5) is 63.2. The zero-order valence-electron chi connectivity index (χ0n) is 30.4. The standard InChI is InChI=1S/C38H59N5O5/c1-25(2)31(41(7)36(46)33(38(3,4)5)39-34(44)28-16-10-11-21-40(28)6)24-42-22-12-17-29(42)35(45)43-23-13-18-30(43)37(47)48-32-20-19-26-14-8-9-15-27(26)32/h8-9,14-15,25,28-33H,10-13,16-24H2,1-7H3,(H,39,44)/t28?,29-,30-,31+,32?,33+/m0/s1. The van der Waals surface area contributed by atoms with Crippen LogP contribution in [0.5, 0.6) is 0 Å². The summed E-state index contributed by atoms with van der Waals surface area (Å²) in [7, 11) is 3.82. The second-order valence-electron chi connectivity index (χ2n) is 16.1. The van der Waals surface area contributed by atoms with E-state index < -0.39 is 17.5 Å². The van der Waals surface area contributed by atoms with Crippen molar-refractivity contribution in [1.82, 2.24) is 24.9 Å². The molecule has 3 aliphatic heterocycles. The number of carbonyl (C=O) groups excluding carboxylic acids is 4. The fourth-order valence-corrected chi connectivity index (χ4v) is 8.33. The van der Waals surface area contributed by atoms with Crippen molar-refractivity contribution >= 4 is 23.7 Å². The van der Waals surface area contributed by atoms with Gasteiger partial charge in [-0.3, -0.25) is 24.2 Å². The van der Waals surface area contributed by atoms with Crippen molar-refractivity contribution in [3.05, 3.63) is 35.4 Å². The van der Waals surface area contributed by atoms with Crippen LogP contribution in [0.3, 0.4) is 0 Å². The maximum atomic E-state index is 14.2. The molecule has 1 aromatic carbocycles. The number of likely N-dealkylation sites (N-methyl/N-ethyl adjacent to an activating group) is 2. The number of rotatable bonds is 10. The molecule has 0 spiro atoms. The maximum absolute atomic E-state index is 14.2. The second kappa shape index (κ2) is 15.3. The van der Waals surface area contributed by atoms with Gasteiger partial charge >= 0.3 is 5.97 Å². The largest absolute Gasteiger partial charge is 0.456 e. The summed E-state index contributed by atoms with van der Waals surface area (Å²) >= 11 is 0. The molecule has 3 fully saturated rings. The van der Waals surface area contributed by atoms with Gasteiger partial charge in [0.05, 0.1) is 12.1 Å². The van der Waals surface area contributed by atoms with E-state index in [1.165, 1.54) is 5.56 Å². The maximum Gasteiger partial charge on any atom is 0.329 e. The zero-order valence-corrected chi connectivity index (χ0v) is 30.4. The number of benzene rings is 1. The molecule has 1 aromatic rings. The van der Waals surface area contributed by atoms with Crippen molar-refractivity contribution in [2.45, 2.75) is 129 Å². The van der Waals surface area contributed by atoms with Crippen LogP contribution in [0.4, 0.5) is 0 Å². The molecule has 3 saturated heterocycles. The van der Waals surface area contributed by atoms with Crippen LogP contribution >= 0.6 is 0 Å². The molecular formula is C38H59N5O5. The molecule has 0 bridgehead atoms. The van der Waals surface area contributed by atoms with Crippen molar-refractivity contribution in [3.63, 3.8) is 0 Å². The third-order valence-electron chi connectivity index (χ3n) is 11.3. The number of ether oxygens (including phenoxy) is 1. The molecule has 3 heterocycles. The number of likely N-dealkylation sites (tertiary alicyclic amines) is 3. The van der Waals surface area contributed by atoms with Gasteiger partial charge in [0, 0.05) is 26.2 Å². The van der Waals surface area contributed by atoms with E-state index in [1.807, 2.05) is 53.1 Å². The lowest BCUT2D eigenvalue weighted by Gasteiger charge is -2.41. The van der Waals surface area contributed by atoms with Gasteiger partial charge in [0.1, 0.15) is 18.2 Å². The van der Waals surface area contributed by atoms with E-state index in [-0.39, 0.29) is 53.8 Å². The normalized spacial score (nSPS) is 26.3. The van der Waals surface area contributed by atoms with Gasteiger partial charge in [-0.1, -0.05) is 65.3 Å². The Balaban J connectivity index is 1.24. The molecule has 48 heavy (non-hydrogen) atoms. The number of carbonyl (C=O) groups is 4. The van der Waals surface area contributed by atoms with Gasteiger partial charge in [0.15, 0.2) is 0 Å². The number of piperidine rings is 1. The highest BCUT2D eigenvalue weighted by Gasteiger charge is 2.44. The summed E-state index contributed by atoms with van der Waals surface area (Å²) < 4.78 is 6.04. The van der Waals surface area contributed by atoms with E-state index in [4.69, 9.17) is 4.74 Å². The molecule has 0 saturated carbocycles. The smallest absolute Gasteiger partial charge is 0.329 e. The summed E-state index contributed by atoms with van der Waals surface area (Å²) in [6.45, 7) is 13.0. The average molecular weight is 666 g/mol.